The lowest BCUT2D eigenvalue weighted by atomic mass is 10.2. The highest BCUT2D eigenvalue weighted by molar-refractivity contribution is 6.30. The van der Waals surface area contributed by atoms with Crippen molar-refractivity contribution in [2.45, 2.75) is 0 Å². The predicted octanol–water partition coefficient (Wildman–Crippen LogP) is 2.53. The van der Waals surface area contributed by atoms with Gasteiger partial charge in [-0.1, -0.05) is 11.6 Å². The molecule has 15 heavy (non-hydrogen) atoms. The lowest BCUT2D eigenvalue weighted by Crippen LogP contribution is -1.94. The Bertz CT molecular complexity index is 385. The van der Waals surface area contributed by atoms with Crippen LogP contribution in [-0.2, 0) is 9.53 Å². The molecule has 0 saturated heterocycles. The zero-order valence-corrected chi connectivity index (χ0v) is 9.25. The Kier molecular flexibility index (Phi) is 4.18. The van der Waals surface area contributed by atoms with E-state index in [9.17, 15) is 4.79 Å². The summed E-state index contributed by atoms with van der Waals surface area (Å²) >= 11 is 5.79. The molecular weight excluding hydrogens is 216 g/mol. The van der Waals surface area contributed by atoms with Gasteiger partial charge in [0, 0.05) is 16.7 Å². The zero-order chi connectivity index (χ0) is 11.3. The first kappa shape index (κ1) is 11.6. The van der Waals surface area contributed by atoms with Crippen LogP contribution in [-0.4, -0.2) is 20.2 Å². The maximum Gasteiger partial charge on any atom is 0.330 e. The molecule has 0 atom stereocenters. The Labute approximate surface area is 93.3 Å². The number of halogens is 1. The number of benzene rings is 1. The second-order valence-corrected chi connectivity index (χ2v) is 3.18. The van der Waals surface area contributed by atoms with Crippen molar-refractivity contribution in [3.05, 3.63) is 34.9 Å². The van der Waals surface area contributed by atoms with Crippen molar-refractivity contribution in [3.8, 4) is 5.75 Å². The predicted molar refractivity (Wildman–Crippen MR) is 59.1 cm³/mol. The Hall–Kier alpha value is -1.48. The van der Waals surface area contributed by atoms with Gasteiger partial charge in [0.2, 0.25) is 0 Å². The van der Waals surface area contributed by atoms with Gasteiger partial charge < -0.3 is 9.47 Å². The Morgan fingerprint density at radius 2 is 2.13 bits per heavy atom. The molecule has 0 aliphatic rings. The van der Waals surface area contributed by atoms with Crippen LogP contribution in [0.4, 0.5) is 0 Å². The molecule has 0 aromatic heterocycles. The van der Waals surface area contributed by atoms with Gasteiger partial charge in [-0.3, -0.25) is 0 Å². The molecule has 0 bridgehead atoms. The molecule has 0 amide bonds. The molecule has 4 heteroatoms. The summed E-state index contributed by atoms with van der Waals surface area (Å²) in [5.74, 6) is 0.203. The zero-order valence-electron chi connectivity index (χ0n) is 8.49. The number of esters is 1. The molecule has 0 fully saturated rings. The molecule has 0 N–H and O–H groups in total. The summed E-state index contributed by atoms with van der Waals surface area (Å²) < 4.78 is 9.58. The standard InChI is InChI=1S/C11H11ClO3/c1-14-10-7-9(12)5-3-8(10)4-6-11(13)15-2/h3-7H,1-2H3/b6-4+. The number of hydrogen-bond donors (Lipinski definition) is 0. The van der Waals surface area contributed by atoms with Gasteiger partial charge in [0.15, 0.2) is 0 Å². The van der Waals surface area contributed by atoms with E-state index in [4.69, 9.17) is 16.3 Å². The molecule has 0 radical (unpaired) electrons. The van der Waals surface area contributed by atoms with E-state index in [0.29, 0.717) is 10.8 Å². The largest absolute Gasteiger partial charge is 0.496 e. The minimum Gasteiger partial charge on any atom is -0.496 e. The van der Waals surface area contributed by atoms with Gasteiger partial charge in [0.05, 0.1) is 14.2 Å². The molecule has 0 aliphatic heterocycles. The van der Waals surface area contributed by atoms with Crippen LogP contribution < -0.4 is 4.74 Å². The quantitative estimate of drug-likeness (QED) is 0.587. The smallest absolute Gasteiger partial charge is 0.330 e. The van der Waals surface area contributed by atoms with E-state index in [1.165, 1.54) is 13.2 Å². The third kappa shape index (κ3) is 3.29. The summed E-state index contributed by atoms with van der Waals surface area (Å²) in [5, 5.41) is 0.585. The Balaban J connectivity index is 2.94. The lowest BCUT2D eigenvalue weighted by molar-refractivity contribution is -0.134. The van der Waals surface area contributed by atoms with Crippen molar-refractivity contribution in [3.63, 3.8) is 0 Å². The summed E-state index contributed by atoms with van der Waals surface area (Å²) in [4.78, 5) is 10.9. The highest BCUT2D eigenvalue weighted by Crippen LogP contribution is 2.24. The van der Waals surface area contributed by atoms with Crippen LogP contribution in [0.25, 0.3) is 6.08 Å². The second kappa shape index (κ2) is 5.41. The summed E-state index contributed by atoms with van der Waals surface area (Å²) in [5.41, 5.74) is 0.771. The van der Waals surface area contributed by atoms with Gasteiger partial charge in [0.25, 0.3) is 0 Å². The molecule has 0 heterocycles. The van der Waals surface area contributed by atoms with E-state index in [2.05, 4.69) is 4.74 Å². The van der Waals surface area contributed by atoms with Crippen LogP contribution in [0.3, 0.4) is 0 Å². The number of rotatable bonds is 3. The summed E-state index contributed by atoms with van der Waals surface area (Å²) in [6.07, 6.45) is 2.94. The minimum absolute atomic E-state index is 0.410. The molecule has 3 nitrogen and oxygen atoms in total. The van der Waals surface area contributed by atoms with E-state index in [0.717, 1.165) is 5.56 Å². The van der Waals surface area contributed by atoms with Crippen LogP contribution >= 0.6 is 11.6 Å². The summed E-state index contributed by atoms with van der Waals surface area (Å²) in [6.45, 7) is 0. The number of methoxy groups -OCH3 is 2. The van der Waals surface area contributed by atoms with E-state index in [1.807, 2.05) is 0 Å². The minimum atomic E-state index is -0.410. The normalized spacial score (nSPS) is 10.3. The van der Waals surface area contributed by atoms with Crippen molar-refractivity contribution in [2.75, 3.05) is 14.2 Å². The monoisotopic (exact) mass is 226 g/mol. The van der Waals surface area contributed by atoms with E-state index in [1.54, 1.807) is 31.4 Å². The number of carbonyl (C=O) groups is 1. The summed E-state index contributed by atoms with van der Waals surface area (Å²) in [6, 6.07) is 5.17. The van der Waals surface area contributed by atoms with Crippen LogP contribution in [0.15, 0.2) is 24.3 Å². The molecule has 1 aromatic rings. The fourth-order valence-electron chi connectivity index (χ4n) is 1.05. The number of ether oxygens (including phenoxy) is 2. The molecule has 1 aromatic carbocycles. The first-order valence-corrected chi connectivity index (χ1v) is 4.64. The van der Waals surface area contributed by atoms with Crippen LogP contribution in [0, 0.1) is 0 Å². The molecule has 0 saturated carbocycles. The molecule has 0 aliphatic carbocycles. The Morgan fingerprint density at radius 3 is 2.73 bits per heavy atom. The van der Waals surface area contributed by atoms with E-state index >= 15 is 0 Å². The van der Waals surface area contributed by atoms with Gasteiger partial charge in [-0.15, -0.1) is 0 Å². The molecule has 80 valence electrons. The highest BCUT2D eigenvalue weighted by atomic mass is 35.5. The molecular formula is C11H11ClO3. The van der Waals surface area contributed by atoms with E-state index < -0.39 is 5.97 Å². The fourth-order valence-corrected chi connectivity index (χ4v) is 1.21. The van der Waals surface area contributed by atoms with Crippen molar-refractivity contribution in [1.29, 1.82) is 0 Å². The maximum atomic E-state index is 10.9. The first-order chi connectivity index (χ1) is 7.17. The Morgan fingerprint density at radius 1 is 1.40 bits per heavy atom. The van der Waals surface area contributed by atoms with Crippen molar-refractivity contribution >= 4 is 23.6 Å². The van der Waals surface area contributed by atoms with Crippen molar-refractivity contribution < 1.29 is 14.3 Å². The van der Waals surface area contributed by atoms with Crippen LogP contribution in [0.1, 0.15) is 5.56 Å². The highest BCUT2D eigenvalue weighted by Gasteiger charge is 2.01. The second-order valence-electron chi connectivity index (χ2n) is 2.74. The fraction of sp³-hybridized carbons (Fsp3) is 0.182. The van der Waals surface area contributed by atoms with Gasteiger partial charge in [-0.25, -0.2) is 4.79 Å². The average Bonchev–Trinajstić information content (AvgIpc) is 2.26. The summed E-state index contributed by atoms with van der Waals surface area (Å²) in [7, 11) is 2.87. The van der Waals surface area contributed by atoms with Gasteiger partial charge in [0.1, 0.15) is 5.75 Å². The van der Waals surface area contributed by atoms with Crippen molar-refractivity contribution in [1.82, 2.24) is 0 Å². The van der Waals surface area contributed by atoms with Gasteiger partial charge in [-0.05, 0) is 24.3 Å². The maximum absolute atomic E-state index is 10.9. The topological polar surface area (TPSA) is 35.5 Å². The van der Waals surface area contributed by atoms with Crippen molar-refractivity contribution in [2.24, 2.45) is 0 Å². The lowest BCUT2D eigenvalue weighted by Gasteiger charge is -2.04. The molecule has 0 unspecified atom stereocenters. The van der Waals surface area contributed by atoms with Crippen LogP contribution in [0.2, 0.25) is 5.02 Å². The average molecular weight is 227 g/mol. The number of hydrogen-bond acceptors (Lipinski definition) is 3. The third-order valence-corrected chi connectivity index (χ3v) is 2.03. The van der Waals surface area contributed by atoms with Gasteiger partial charge >= 0.3 is 5.97 Å². The SMILES string of the molecule is COC(=O)/C=C/c1ccc(Cl)cc1OC. The van der Waals surface area contributed by atoms with E-state index in [-0.39, 0.29) is 0 Å². The van der Waals surface area contributed by atoms with Gasteiger partial charge in [-0.2, -0.15) is 0 Å². The third-order valence-electron chi connectivity index (χ3n) is 1.80. The first-order valence-electron chi connectivity index (χ1n) is 4.27. The molecule has 0 spiro atoms. The number of carbonyl (C=O) groups excluding carboxylic acids is 1. The van der Waals surface area contributed by atoms with Crippen LogP contribution in [0.5, 0.6) is 5.75 Å². The molecule has 1 rings (SSSR count).